The van der Waals surface area contributed by atoms with E-state index in [1.165, 1.54) is 0 Å². The molecule has 6 nitrogen and oxygen atoms in total. The van der Waals surface area contributed by atoms with Crippen molar-refractivity contribution >= 4 is 17.6 Å². The Morgan fingerprint density at radius 2 is 2.13 bits per heavy atom. The number of nitrogens with zero attached hydrogens (tertiary/aromatic N) is 1. The summed E-state index contributed by atoms with van der Waals surface area (Å²) in [6, 6.07) is 3.82. The lowest BCUT2D eigenvalue weighted by atomic mass is 10.2. The van der Waals surface area contributed by atoms with Crippen LogP contribution in [0.4, 0.5) is 0 Å². The molecular weight excluding hydrogens is 318 g/mol. The van der Waals surface area contributed by atoms with Gasteiger partial charge in [-0.3, -0.25) is 4.99 Å². The van der Waals surface area contributed by atoms with Crippen LogP contribution in [0.5, 0.6) is 11.5 Å². The number of hydrogen-bond donors (Lipinski definition) is 2. The molecule has 1 aliphatic heterocycles. The van der Waals surface area contributed by atoms with Crippen LogP contribution in [-0.2, 0) is 11.3 Å². The summed E-state index contributed by atoms with van der Waals surface area (Å²) in [6.45, 7) is 5.97. The molecule has 2 rings (SSSR count). The first-order valence-corrected chi connectivity index (χ1v) is 8.22. The molecule has 0 unspecified atom stereocenters. The Morgan fingerprint density at radius 3 is 2.91 bits per heavy atom. The van der Waals surface area contributed by atoms with Crippen molar-refractivity contribution in [2.75, 3.05) is 40.0 Å². The second kappa shape index (κ2) is 9.47. The highest BCUT2D eigenvalue weighted by molar-refractivity contribution is 6.32. The Labute approximate surface area is 142 Å². The maximum atomic E-state index is 6.24. The van der Waals surface area contributed by atoms with E-state index in [0.29, 0.717) is 36.3 Å². The number of fused-ring (bicyclic) bond motifs is 1. The summed E-state index contributed by atoms with van der Waals surface area (Å²) >= 11 is 6.24. The summed E-state index contributed by atoms with van der Waals surface area (Å²) in [5, 5.41) is 7.07. The molecule has 128 valence electrons. The summed E-state index contributed by atoms with van der Waals surface area (Å²) in [5.41, 5.74) is 1.01. The van der Waals surface area contributed by atoms with E-state index in [0.717, 1.165) is 37.7 Å². The highest BCUT2D eigenvalue weighted by Gasteiger charge is 2.16. The smallest absolute Gasteiger partial charge is 0.191 e. The minimum Gasteiger partial charge on any atom is -0.486 e. The van der Waals surface area contributed by atoms with Crippen LogP contribution < -0.4 is 20.1 Å². The number of guanidine groups is 1. The lowest BCUT2D eigenvalue weighted by Gasteiger charge is -2.20. The highest BCUT2D eigenvalue weighted by atomic mass is 35.5. The molecule has 1 aromatic carbocycles. The first kappa shape index (κ1) is 17.7. The van der Waals surface area contributed by atoms with Gasteiger partial charge in [0.05, 0.1) is 5.02 Å². The molecule has 23 heavy (non-hydrogen) atoms. The van der Waals surface area contributed by atoms with Crippen molar-refractivity contribution in [3.63, 3.8) is 0 Å². The normalized spacial score (nSPS) is 13.8. The van der Waals surface area contributed by atoms with Crippen LogP contribution in [0.1, 0.15) is 18.9 Å². The largest absolute Gasteiger partial charge is 0.486 e. The van der Waals surface area contributed by atoms with Crippen LogP contribution in [0.25, 0.3) is 0 Å². The van der Waals surface area contributed by atoms with Gasteiger partial charge in [-0.05, 0) is 31.0 Å². The summed E-state index contributed by atoms with van der Waals surface area (Å²) in [6.07, 6.45) is 0.935. The maximum Gasteiger partial charge on any atom is 0.191 e. The van der Waals surface area contributed by atoms with Gasteiger partial charge in [0.2, 0.25) is 0 Å². The summed E-state index contributed by atoms with van der Waals surface area (Å²) in [5.74, 6) is 2.06. The predicted molar refractivity (Wildman–Crippen MR) is 91.8 cm³/mol. The van der Waals surface area contributed by atoms with Crippen molar-refractivity contribution in [2.45, 2.75) is 19.9 Å². The minimum absolute atomic E-state index is 0.530. The number of rotatable bonds is 7. The molecule has 1 aliphatic rings. The van der Waals surface area contributed by atoms with Crippen LogP contribution in [0.15, 0.2) is 17.1 Å². The molecule has 2 N–H and O–H groups in total. The summed E-state index contributed by atoms with van der Waals surface area (Å²) in [7, 11) is 1.74. The Hall–Kier alpha value is -1.66. The Morgan fingerprint density at radius 1 is 1.30 bits per heavy atom. The molecular formula is C16H24ClN3O3. The second-order valence-electron chi connectivity index (χ2n) is 5.00. The fourth-order valence-electron chi connectivity index (χ4n) is 2.20. The van der Waals surface area contributed by atoms with Gasteiger partial charge in [-0.1, -0.05) is 11.6 Å². The molecule has 0 radical (unpaired) electrons. The number of ether oxygens (including phenoxy) is 3. The van der Waals surface area contributed by atoms with Gasteiger partial charge >= 0.3 is 0 Å². The average Bonchev–Trinajstić information content (AvgIpc) is 2.57. The molecule has 0 aliphatic carbocycles. The van der Waals surface area contributed by atoms with Crippen molar-refractivity contribution in [1.82, 2.24) is 10.6 Å². The Balaban J connectivity index is 1.83. The second-order valence-corrected chi connectivity index (χ2v) is 5.41. The van der Waals surface area contributed by atoms with Crippen LogP contribution in [-0.4, -0.2) is 46.0 Å². The molecule has 0 aromatic heterocycles. The zero-order valence-corrected chi connectivity index (χ0v) is 14.4. The van der Waals surface area contributed by atoms with Crippen molar-refractivity contribution in [3.8, 4) is 11.5 Å². The van der Waals surface area contributed by atoms with E-state index in [1.807, 2.05) is 19.1 Å². The third-order valence-electron chi connectivity index (χ3n) is 3.30. The number of halogens is 1. The highest BCUT2D eigenvalue weighted by Crippen LogP contribution is 2.38. The van der Waals surface area contributed by atoms with Crippen LogP contribution >= 0.6 is 11.6 Å². The monoisotopic (exact) mass is 341 g/mol. The Kier molecular flexibility index (Phi) is 7.29. The van der Waals surface area contributed by atoms with Crippen molar-refractivity contribution < 1.29 is 14.2 Å². The fourth-order valence-corrected chi connectivity index (χ4v) is 2.49. The van der Waals surface area contributed by atoms with Gasteiger partial charge in [0, 0.05) is 33.4 Å². The van der Waals surface area contributed by atoms with E-state index in [-0.39, 0.29) is 0 Å². The van der Waals surface area contributed by atoms with Gasteiger partial charge in [-0.2, -0.15) is 0 Å². The predicted octanol–water partition coefficient (Wildman–Crippen LogP) is 2.20. The van der Waals surface area contributed by atoms with Crippen LogP contribution in [0, 0.1) is 0 Å². The molecule has 0 bridgehead atoms. The topological polar surface area (TPSA) is 64.1 Å². The number of nitrogens with one attached hydrogen (secondary N) is 2. The first-order valence-electron chi connectivity index (χ1n) is 7.85. The van der Waals surface area contributed by atoms with E-state index < -0.39 is 0 Å². The van der Waals surface area contributed by atoms with E-state index in [1.54, 1.807) is 7.05 Å². The van der Waals surface area contributed by atoms with Gasteiger partial charge in [0.15, 0.2) is 17.5 Å². The average molecular weight is 342 g/mol. The number of benzene rings is 1. The molecule has 0 saturated heterocycles. The lowest BCUT2D eigenvalue weighted by Crippen LogP contribution is -2.37. The molecule has 0 amide bonds. The van der Waals surface area contributed by atoms with Gasteiger partial charge in [-0.15, -0.1) is 0 Å². The molecule has 1 aromatic rings. The van der Waals surface area contributed by atoms with Crippen LogP contribution in [0.2, 0.25) is 5.02 Å². The SMILES string of the molecule is CCOCCCNC(=NC)NCc1cc(Cl)c2c(c1)OCCO2. The molecule has 7 heteroatoms. The van der Waals surface area contributed by atoms with Gasteiger partial charge < -0.3 is 24.8 Å². The van der Waals surface area contributed by atoms with E-state index in [2.05, 4.69) is 15.6 Å². The zero-order valence-electron chi connectivity index (χ0n) is 13.7. The van der Waals surface area contributed by atoms with Gasteiger partial charge in [0.1, 0.15) is 13.2 Å². The zero-order chi connectivity index (χ0) is 16.5. The molecule has 0 spiro atoms. The van der Waals surface area contributed by atoms with Gasteiger partial charge in [0.25, 0.3) is 0 Å². The molecule has 0 fully saturated rings. The van der Waals surface area contributed by atoms with Crippen molar-refractivity contribution in [3.05, 3.63) is 22.7 Å². The van der Waals surface area contributed by atoms with E-state index in [4.69, 9.17) is 25.8 Å². The fraction of sp³-hybridized carbons (Fsp3) is 0.562. The molecule has 1 heterocycles. The molecule has 0 saturated carbocycles. The maximum absolute atomic E-state index is 6.24. The minimum atomic E-state index is 0.530. The van der Waals surface area contributed by atoms with Gasteiger partial charge in [-0.25, -0.2) is 0 Å². The van der Waals surface area contributed by atoms with Crippen molar-refractivity contribution in [2.24, 2.45) is 4.99 Å². The first-order chi connectivity index (χ1) is 11.2. The van der Waals surface area contributed by atoms with Crippen LogP contribution in [0.3, 0.4) is 0 Å². The molecule has 0 atom stereocenters. The summed E-state index contributed by atoms with van der Waals surface area (Å²) < 4.78 is 16.4. The van der Waals surface area contributed by atoms with Crippen molar-refractivity contribution in [1.29, 1.82) is 0 Å². The Bertz CT molecular complexity index is 538. The van der Waals surface area contributed by atoms with E-state index >= 15 is 0 Å². The number of hydrogen-bond acceptors (Lipinski definition) is 4. The van der Waals surface area contributed by atoms with E-state index in [9.17, 15) is 0 Å². The summed E-state index contributed by atoms with van der Waals surface area (Å²) in [4.78, 5) is 4.20. The standard InChI is InChI=1S/C16H24ClN3O3/c1-3-21-6-4-5-19-16(18-2)20-11-12-9-13(17)15-14(10-12)22-7-8-23-15/h9-10H,3-8,11H2,1-2H3,(H2,18,19,20). The third kappa shape index (κ3) is 5.48. The number of aliphatic imine (C=N–C) groups is 1. The third-order valence-corrected chi connectivity index (χ3v) is 3.58. The quantitative estimate of drug-likeness (QED) is 0.452. The lowest BCUT2D eigenvalue weighted by molar-refractivity contribution is 0.145.